The number of aromatic nitrogens is 5. The maximum Gasteiger partial charge on any atom is 0.246 e. The molecule has 5 atom stereocenters. The van der Waals surface area contributed by atoms with Gasteiger partial charge in [-0.05, 0) is 90.8 Å². The number of nitriles is 1. The van der Waals surface area contributed by atoms with Gasteiger partial charge in [-0.15, -0.1) is 16.4 Å². The van der Waals surface area contributed by atoms with Gasteiger partial charge in [-0.25, -0.2) is 14.6 Å². The Labute approximate surface area is 277 Å². The van der Waals surface area contributed by atoms with Crippen LogP contribution >= 0.6 is 11.3 Å². The Bertz CT molecular complexity index is 1920. The summed E-state index contributed by atoms with van der Waals surface area (Å²) in [6.07, 6.45) is 8.94. The van der Waals surface area contributed by atoms with Gasteiger partial charge in [0.1, 0.15) is 28.9 Å². The normalized spacial score (nSPS) is 27.9. The van der Waals surface area contributed by atoms with Crippen LogP contribution in [0.15, 0.2) is 4.52 Å². The molecule has 0 bridgehead atoms. The van der Waals surface area contributed by atoms with E-state index in [-0.39, 0.29) is 18.2 Å². The molecule has 0 radical (unpaired) electrons. The minimum Gasteiger partial charge on any atom is -0.474 e. The van der Waals surface area contributed by atoms with Gasteiger partial charge in [0.2, 0.25) is 5.88 Å². The Balaban J connectivity index is 1.23. The average molecular weight is 656 g/mol. The minimum absolute atomic E-state index is 0.0873. The molecule has 2 N–H and O–H groups in total. The van der Waals surface area contributed by atoms with Gasteiger partial charge in [0.25, 0.3) is 0 Å². The van der Waals surface area contributed by atoms with E-state index in [0.717, 1.165) is 91.6 Å². The van der Waals surface area contributed by atoms with E-state index in [1.54, 1.807) is 11.3 Å². The van der Waals surface area contributed by atoms with Gasteiger partial charge in [-0.1, -0.05) is 5.16 Å². The van der Waals surface area contributed by atoms with Crippen LogP contribution in [0.3, 0.4) is 0 Å². The maximum absolute atomic E-state index is 10.2. The van der Waals surface area contributed by atoms with Crippen molar-refractivity contribution in [2.24, 2.45) is 0 Å². The summed E-state index contributed by atoms with van der Waals surface area (Å²) in [5.74, 6) is 2.84. The van der Waals surface area contributed by atoms with Crippen molar-refractivity contribution < 1.29 is 14.0 Å². The second-order valence-corrected chi connectivity index (χ2v) is 15.3. The van der Waals surface area contributed by atoms with Gasteiger partial charge in [-0.2, -0.15) is 5.26 Å². The zero-order chi connectivity index (χ0) is 32.0. The average Bonchev–Trinajstić information content (AvgIpc) is 3.89. The Morgan fingerprint density at radius 2 is 2.00 bits per heavy atom. The molecule has 7 heterocycles. The number of aryl methyl sites for hydroxylation is 1. The van der Waals surface area contributed by atoms with Crippen LogP contribution in [0.2, 0.25) is 0 Å². The molecule has 2 saturated heterocycles. The summed E-state index contributed by atoms with van der Waals surface area (Å²) in [7, 11) is 2.20. The maximum atomic E-state index is 10.2. The van der Waals surface area contributed by atoms with Crippen molar-refractivity contribution in [3.63, 3.8) is 0 Å². The van der Waals surface area contributed by atoms with Crippen molar-refractivity contribution in [3.8, 4) is 23.5 Å². The van der Waals surface area contributed by atoms with E-state index < -0.39 is 5.41 Å². The number of anilines is 2. The number of hydrogen-bond acceptors (Lipinski definition) is 12. The van der Waals surface area contributed by atoms with Crippen LogP contribution in [0, 0.1) is 11.3 Å². The number of nitrogens with two attached hydrogens (primary N) is 1. The number of rotatable bonds is 4. The summed E-state index contributed by atoms with van der Waals surface area (Å²) in [5, 5.41) is 21.5. The van der Waals surface area contributed by atoms with Crippen LogP contribution in [0.5, 0.6) is 5.88 Å². The van der Waals surface area contributed by atoms with E-state index in [1.165, 1.54) is 11.3 Å². The van der Waals surface area contributed by atoms with E-state index in [9.17, 15) is 5.26 Å². The fraction of sp³-hybridized carbons (Fsp3) is 0.618. The fourth-order valence-corrected chi connectivity index (χ4v) is 10.5. The summed E-state index contributed by atoms with van der Waals surface area (Å²) in [4.78, 5) is 16.6. The minimum atomic E-state index is -0.408. The molecule has 2 fully saturated rings. The molecule has 2 aliphatic carbocycles. The summed E-state index contributed by atoms with van der Waals surface area (Å²) in [6.45, 7) is 7.28. The lowest BCUT2D eigenvalue weighted by molar-refractivity contribution is 0.123. The first-order chi connectivity index (χ1) is 22.9. The smallest absolute Gasteiger partial charge is 0.246 e. The standard InChI is InChI=1S/C34H41N9O3S/c1-18-15-20(17-45-18)42-13-14-44-33-25-31(42)37-30(38-32(25)43(39-33)19(2)23-8-6-12-41(23)3)27-21-7-4-10-34(28(21)46-40-27)11-5-9-24-26(34)22(16-35)29(36)47-24/h18-20,23H,4-15,17,36H2,1-3H3. The lowest BCUT2D eigenvalue weighted by atomic mass is 9.63. The van der Waals surface area contributed by atoms with Crippen molar-refractivity contribution >= 4 is 33.2 Å². The highest BCUT2D eigenvalue weighted by atomic mass is 32.1. The first-order valence-electron chi connectivity index (χ1n) is 17.2. The molecule has 5 aliphatic rings. The van der Waals surface area contributed by atoms with Crippen molar-refractivity contribution in [2.75, 3.05) is 44.0 Å². The summed E-state index contributed by atoms with van der Waals surface area (Å²) in [5.41, 5.74) is 10.2. The van der Waals surface area contributed by atoms with E-state index in [0.29, 0.717) is 53.8 Å². The van der Waals surface area contributed by atoms with Crippen molar-refractivity contribution in [2.45, 2.75) is 101 Å². The van der Waals surface area contributed by atoms with E-state index >= 15 is 0 Å². The first-order valence-corrected chi connectivity index (χ1v) is 18.0. The van der Waals surface area contributed by atoms with Gasteiger partial charge in [0, 0.05) is 16.5 Å². The van der Waals surface area contributed by atoms with Crippen LogP contribution in [0.1, 0.15) is 92.2 Å². The lowest BCUT2D eigenvalue weighted by Gasteiger charge is -2.39. The Hall–Kier alpha value is -3.73. The van der Waals surface area contributed by atoms with Crippen molar-refractivity contribution in [3.05, 3.63) is 27.3 Å². The molecule has 3 aliphatic heterocycles. The van der Waals surface area contributed by atoms with Crippen LogP contribution in [-0.4, -0.2) is 81.3 Å². The van der Waals surface area contributed by atoms with Crippen LogP contribution in [0.4, 0.5) is 10.8 Å². The third kappa shape index (κ3) is 4.30. The van der Waals surface area contributed by atoms with Crippen molar-refractivity contribution in [1.29, 1.82) is 5.26 Å². The molecule has 9 rings (SSSR count). The number of nitrogens with zero attached hydrogens (tertiary/aromatic N) is 8. The molecule has 13 heteroatoms. The number of ether oxygens (including phenoxy) is 2. The molecule has 0 amide bonds. The molecule has 4 aromatic heterocycles. The zero-order valence-electron chi connectivity index (χ0n) is 27.3. The fourth-order valence-electron chi connectivity index (χ4n) is 9.33. The summed E-state index contributed by atoms with van der Waals surface area (Å²) < 4.78 is 20.8. The lowest BCUT2D eigenvalue weighted by Crippen LogP contribution is -2.39. The molecular formula is C34H41N9O3S. The predicted octanol–water partition coefficient (Wildman–Crippen LogP) is 4.99. The number of fused-ring (bicyclic) bond motifs is 4. The molecule has 0 aromatic carbocycles. The van der Waals surface area contributed by atoms with Crippen molar-refractivity contribution in [1.82, 2.24) is 29.8 Å². The molecular weight excluding hydrogens is 615 g/mol. The number of likely N-dealkylation sites (N-methyl/N-ethyl adjacent to an activating group) is 1. The zero-order valence-corrected chi connectivity index (χ0v) is 28.1. The second kappa shape index (κ2) is 10.9. The summed E-state index contributed by atoms with van der Waals surface area (Å²) in [6, 6.07) is 3.04. The third-order valence-electron chi connectivity index (χ3n) is 11.6. The quantitative estimate of drug-likeness (QED) is 0.318. The highest BCUT2D eigenvalue weighted by Gasteiger charge is 2.49. The molecule has 5 unspecified atom stereocenters. The highest BCUT2D eigenvalue weighted by Crippen LogP contribution is 2.55. The molecule has 1 spiro atoms. The first kappa shape index (κ1) is 29.4. The highest BCUT2D eigenvalue weighted by molar-refractivity contribution is 7.16. The number of hydrogen-bond donors (Lipinski definition) is 1. The van der Waals surface area contributed by atoms with Crippen LogP contribution in [-0.2, 0) is 23.0 Å². The second-order valence-electron chi connectivity index (χ2n) is 14.2. The third-order valence-corrected chi connectivity index (χ3v) is 12.6. The van der Waals surface area contributed by atoms with Gasteiger partial charge in [0.15, 0.2) is 22.9 Å². The van der Waals surface area contributed by atoms with Gasteiger partial charge >= 0.3 is 0 Å². The molecule has 47 heavy (non-hydrogen) atoms. The Morgan fingerprint density at radius 3 is 2.77 bits per heavy atom. The Kier molecular flexibility index (Phi) is 6.82. The van der Waals surface area contributed by atoms with E-state index in [2.05, 4.69) is 41.4 Å². The predicted molar refractivity (Wildman–Crippen MR) is 178 cm³/mol. The molecule has 246 valence electrons. The SMILES string of the molecule is CC1CC(N2CCOc3nn(C(C)C4CCCN4C)c4nc(-c5noc6c5CCCC65CCCc6sc(N)c(C#N)c65)nc2c34)CO1. The Morgan fingerprint density at radius 1 is 1.15 bits per heavy atom. The number of likely N-dealkylation sites (tertiary alicyclic amines) is 1. The largest absolute Gasteiger partial charge is 0.474 e. The van der Waals surface area contributed by atoms with Crippen LogP contribution < -0.4 is 15.4 Å². The summed E-state index contributed by atoms with van der Waals surface area (Å²) >= 11 is 1.56. The monoisotopic (exact) mass is 655 g/mol. The van der Waals surface area contributed by atoms with Gasteiger partial charge in [0.05, 0.1) is 42.3 Å². The van der Waals surface area contributed by atoms with Gasteiger partial charge in [-0.3, -0.25) is 0 Å². The number of nitrogen functional groups attached to an aromatic ring is 1. The topological polar surface area (TPSA) is 144 Å². The molecule has 4 aromatic rings. The van der Waals surface area contributed by atoms with E-state index in [4.69, 9.17) is 40.0 Å². The number of thiophene rings is 1. The van der Waals surface area contributed by atoms with Crippen LogP contribution in [0.25, 0.3) is 22.6 Å². The van der Waals surface area contributed by atoms with Gasteiger partial charge < -0.3 is 29.5 Å². The van der Waals surface area contributed by atoms with E-state index in [1.807, 2.05) is 0 Å². The molecule has 12 nitrogen and oxygen atoms in total. The molecule has 0 saturated carbocycles.